The van der Waals surface area contributed by atoms with Gasteiger partial charge in [-0.2, -0.15) is 0 Å². The summed E-state index contributed by atoms with van der Waals surface area (Å²) in [6, 6.07) is 0.833. The molecule has 0 bridgehead atoms. The van der Waals surface area contributed by atoms with Gasteiger partial charge >= 0.3 is 0 Å². The number of likely N-dealkylation sites (tertiary alicyclic amines) is 1. The summed E-state index contributed by atoms with van der Waals surface area (Å²) >= 11 is 0. The third-order valence-corrected chi connectivity index (χ3v) is 2.75. The van der Waals surface area contributed by atoms with Gasteiger partial charge in [-0.05, 0) is 31.2 Å². The van der Waals surface area contributed by atoms with Crippen LogP contribution in [0.1, 0.15) is 40.5 Å². The van der Waals surface area contributed by atoms with Crippen LogP contribution in [0.3, 0.4) is 0 Å². The summed E-state index contributed by atoms with van der Waals surface area (Å²) < 4.78 is 0. The first kappa shape index (κ1) is 10.0. The Morgan fingerprint density at radius 2 is 1.92 bits per heavy atom. The molecule has 0 saturated carbocycles. The SMILES string of the molecule is C[C@H]1C[C@H](CC(C)(C)C)N(C)C1. The summed E-state index contributed by atoms with van der Waals surface area (Å²) in [4.78, 5) is 2.52. The molecule has 0 unspecified atom stereocenters. The van der Waals surface area contributed by atoms with E-state index < -0.39 is 0 Å². The van der Waals surface area contributed by atoms with E-state index in [-0.39, 0.29) is 0 Å². The molecular weight excluding hydrogens is 146 g/mol. The van der Waals surface area contributed by atoms with E-state index in [2.05, 4.69) is 39.6 Å². The lowest BCUT2D eigenvalue weighted by Gasteiger charge is -2.27. The molecule has 0 N–H and O–H groups in total. The standard InChI is InChI=1S/C11H23N/c1-9-6-10(12(5)8-9)7-11(2,3)4/h9-10H,6-8H2,1-5H3/t9-,10+/m0/s1. The van der Waals surface area contributed by atoms with Crippen molar-refractivity contribution in [3.8, 4) is 0 Å². The van der Waals surface area contributed by atoms with Crippen molar-refractivity contribution in [2.24, 2.45) is 11.3 Å². The van der Waals surface area contributed by atoms with Crippen LogP contribution >= 0.6 is 0 Å². The van der Waals surface area contributed by atoms with Gasteiger partial charge in [0.15, 0.2) is 0 Å². The van der Waals surface area contributed by atoms with Crippen LogP contribution in [0.25, 0.3) is 0 Å². The Morgan fingerprint density at radius 3 is 2.25 bits per heavy atom. The molecule has 0 aromatic heterocycles. The number of rotatable bonds is 1. The maximum absolute atomic E-state index is 2.52. The molecule has 0 aromatic carbocycles. The summed E-state index contributed by atoms with van der Waals surface area (Å²) in [5.74, 6) is 0.905. The second-order valence-electron chi connectivity index (χ2n) is 5.70. The van der Waals surface area contributed by atoms with Crippen LogP contribution in [0.15, 0.2) is 0 Å². The fourth-order valence-electron chi connectivity index (χ4n) is 2.31. The molecule has 0 aromatic rings. The molecule has 1 aliphatic rings. The average molecular weight is 169 g/mol. The highest BCUT2D eigenvalue weighted by Crippen LogP contribution is 2.30. The topological polar surface area (TPSA) is 3.24 Å². The minimum atomic E-state index is 0.489. The molecule has 1 heterocycles. The lowest BCUT2D eigenvalue weighted by Crippen LogP contribution is -2.29. The summed E-state index contributed by atoms with van der Waals surface area (Å²) in [5, 5.41) is 0. The van der Waals surface area contributed by atoms with Gasteiger partial charge in [-0.3, -0.25) is 0 Å². The second-order valence-corrected chi connectivity index (χ2v) is 5.70. The number of nitrogens with zero attached hydrogens (tertiary/aromatic N) is 1. The summed E-state index contributed by atoms with van der Waals surface area (Å²) in [7, 11) is 2.26. The van der Waals surface area contributed by atoms with Gasteiger partial charge in [0.2, 0.25) is 0 Å². The third-order valence-electron chi connectivity index (χ3n) is 2.75. The Kier molecular flexibility index (Phi) is 2.82. The molecule has 72 valence electrons. The predicted molar refractivity (Wildman–Crippen MR) is 54.3 cm³/mol. The Labute approximate surface area is 77.1 Å². The second kappa shape index (κ2) is 3.37. The predicted octanol–water partition coefficient (Wildman–Crippen LogP) is 2.76. The van der Waals surface area contributed by atoms with Gasteiger partial charge in [-0.15, -0.1) is 0 Å². The molecule has 0 spiro atoms. The van der Waals surface area contributed by atoms with E-state index in [0.717, 1.165) is 12.0 Å². The van der Waals surface area contributed by atoms with Crippen LogP contribution < -0.4 is 0 Å². The van der Waals surface area contributed by atoms with Crippen molar-refractivity contribution < 1.29 is 0 Å². The molecular formula is C11H23N. The zero-order valence-corrected chi connectivity index (χ0v) is 9.22. The van der Waals surface area contributed by atoms with Gasteiger partial charge in [-0.1, -0.05) is 27.7 Å². The largest absolute Gasteiger partial charge is 0.303 e. The maximum atomic E-state index is 2.52. The molecule has 1 aliphatic heterocycles. The highest BCUT2D eigenvalue weighted by Gasteiger charge is 2.29. The average Bonchev–Trinajstić information content (AvgIpc) is 2.06. The Balaban J connectivity index is 2.43. The maximum Gasteiger partial charge on any atom is 0.0100 e. The third kappa shape index (κ3) is 2.78. The Hall–Kier alpha value is -0.0400. The molecule has 0 amide bonds. The van der Waals surface area contributed by atoms with E-state index in [1.165, 1.54) is 19.4 Å². The first-order valence-electron chi connectivity index (χ1n) is 5.09. The van der Waals surface area contributed by atoms with Crippen LogP contribution in [0, 0.1) is 11.3 Å². The van der Waals surface area contributed by atoms with Crippen molar-refractivity contribution in [1.82, 2.24) is 4.90 Å². The molecule has 1 heteroatoms. The van der Waals surface area contributed by atoms with Crippen molar-refractivity contribution in [2.75, 3.05) is 13.6 Å². The first-order chi connectivity index (χ1) is 5.38. The van der Waals surface area contributed by atoms with E-state index in [0.29, 0.717) is 5.41 Å². The molecule has 2 atom stereocenters. The minimum absolute atomic E-state index is 0.489. The van der Waals surface area contributed by atoms with Crippen LogP contribution in [-0.2, 0) is 0 Å². The van der Waals surface area contributed by atoms with Crippen LogP contribution in [0.5, 0.6) is 0 Å². The fourth-order valence-corrected chi connectivity index (χ4v) is 2.31. The Morgan fingerprint density at radius 1 is 1.33 bits per heavy atom. The van der Waals surface area contributed by atoms with Gasteiger partial charge in [0.25, 0.3) is 0 Å². The Bertz CT molecular complexity index is 146. The van der Waals surface area contributed by atoms with Gasteiger partial charge in [-0.25, -0.2) is 0 Å². The van der Waals surface area contributed by atoms with Crippen LogP contribution in [0.2, 0.25) is 0 Å². The van der Waals surface area contributed by atoms with Crippen LogP contribution in [0.4, 0.5) is 0 Å². The fraction of sp³-hybridized carbons (Fsp3) is 1.00. The van der Waals surface area contributed by atoms with E-state index in [4.69, 9.17) is 0 Å². The van der Waals surface area contributed by atoms with E-state index in [1.54, 1.807) is 0 Å². The molecule has 1 rings (SSSR count). The first-order valence-corrected chi connectivity index (χ1v) is 5.09. The van der Waals surface area contributed by atoms with Gasteiger partial charge in [0.05, 0.1) is 0 Å². The number of hydrogen-bond acceptors (Lipinski definition) is 1. The van der Waals surface area contributed by atoms with Gasteiger partial charge in [0.1, 0.15) is 0 Å². The van der Waals surface area contributed by atoms with Crippen molar-refractivity contribution in [2.45, 2.75) is 46.6 Å². The van der Waals surface area contributed by atoms with E-state index in [9.17, 15) is 0 Å². The van der Waals surface area contributed by atoms with Crippen molar-refractivity contribution in [1.29, 1.82) is 0 Å². The van der Waals surface area contributed by atoms with Crippen molar-refractivity contribution in [3.63, 3.8) is 0 Å². The van der Waals surface area contributed by atoms with Gasteiger partial charge in [0, 0.05) is 12.6 Å². The summed E-state index contributed by atoms with van der Waals surface area (Å²) in [5.41, 5.74) is 0.489. The van der Waals surface area contributed by atoms with E-state index >= 15 is 0 Å². The molecule has 12 heavy (non-hydrogen) atoms. The highest BCUT2D eigenvalue weighted by molar-refractivity contribution is 4.84. The summed E-state index contributed by atoms with van der Waals surface area (Å²) in [6.45, 7) is 10.7. The molecule has 1 saturated heterocycles. The molecule has 0 radical (unpaired) electrons. The lowest BCUT2D eigenvalue weighted by atomic mass is 9.86. The normalized spacial score (nSPS) is 32.8. The zero-order chi connectivity index (χ0) is 9.35. The van der Waals surface area contributed by atoms with Crippen molar-refractivity contribution >= 4 is 0 Å². The monoisotopic (exact) mass is 169 g/mol. The highest BCUT2D eigenvalue weighted by atomic mass is 15.2. The quantitative estimate of drug-likeness (QED) is 0.583. The molecule has 1 fully saturated rings. The van der Waals surface area contributed by atoms with Crippen LogP contribution in [-0.4, -0.2) is 24.5 Å². The van der Waals surface area contributed by atoms with Crippen molar-refractivity contribution in [3.05, 3.63) is 0 Å². The number of hydrogen-bond donors (Lipinski definition) is 0. The van der Waals surface area contributed by atoms with E-state index in [1.807, 2.05) is 0 Å². The minimum Gasteiger partial charge on any atom is -0.303 e. The lowest BCUT2D eigenvalue weighted by molar-refractivity contribution is 0.223. The molecule has 1 nitrogen and oxygen atoms in total. The smallest absolute Gasteiger partial charge is 0.0100 e. The zero-order valence-electron chi connectivity index (χ0n) is 9.22. The molecule has 0 aliphatic carbocycles. The summed E-state index contributed by atoms with van der Waals surface area (Å²) in [6.07, 6.45) is 2.74. The van der Waals surface area contributed by atoms with Gasteiger partial charge < -0.3 is 4.90 Å².